The van der Waals surface area contributed by atoms with E-state index in [4.69, 9.17) is 0 Å². The number of nitrogens with one attached hydrogen (secondary N) is 1. The van der Waals surface area contributed by atoms with Crippen LogP contribution in [0.2, 0.25) is 0 Å². The van der Waals surface area contributed by atoms with Gasteiger partial charge >= 0.3 is 0 Å². The van der Waals surface area contributed by atoms with E-state index in [1.54, 1.807) is 0 Å². The third-order valence-corrected chi connectivity index (χ3v) is 3.10. The molecule has 2 rings (SSSR count). The van der Waals surface area contributed by atoms with E-state index in [0.717, 1.165) is 19.1 Å². The Morgan fingerprint density at radius 2 is 2.24 bits per heavy atom. The number of nitrogens with zero attached hydrogens (tertiary/aromatic N) is 2. The molecule has 3 nitrogen and oxygen atoms in total. The summed E-state index contributed by atoms with van der Waals surface area (Å²) < 4.78 is 0. The molecular formula is C14H23N3. The van der Waals surface area contributed by atoms with Crippen molar-refractivity contribution in [1.29, 1.82) is 0 Å². The summed E-state index contributed by atoms with van der Waals surface area (Å²) in [5.74, 6) is 0.700. The summed E-state index contributed by atoms with van der Waals surface area (Å²) in [6.07, 6.45) is 6.58. The quantitative estimate of drug-likeness (QED) is 0.818. The molecular weight excluding hydrogens is 210 g/mol. The van der Waals surface area contributed by atoms with Crippen LogP contribution >= 0.6 is 0 Å². The molecule has 1 aliphatic carbocycles. The van der Waals surface area contributed by atoms with Crippen molar-refractivity contribution in [2.75, 3.05) is 18.5 Å². The lowest BCUT2D eigenvalue weighted by atomic mass is 10.1. The van der Waals surface area contributed by atoms with Gasteiger partial charge in [-0.05, 0) is 31.9 Å². The van der Waals surface area contributed by atoms with Crippen LogP contribution in [-0.2, 0) is 6.54 Å². The predicted molar refractivity (Wildman–Crippen MR) is 72.2 cm³/mol. The normalized spacial score (nSPS) is 15.3. The van der Waals surface area contributed by atoms with Crippen LogP contribution in [0.15, 0.2) is 18.5 Å². The second kappa shape index (κ2) is 5.50. The summed E-state index contributed by atoms with van der Waals surface area (Å²) in [6, 6.07) is 2.92. The molecule has 3 heteroatoms. The Hall–Kier alpha value is -1.09. The van der Waals surface area contributed by atoms with E-state index in [1.807, 2.05) is 19.4 Å². The van der Waals surface area contributed by atoms with Gasteiger partial charge in [-0.3, -0.25) is 4.98 Å². The van der Waals surface area contributed by atoms with Gasteiger partial charge in [0.05, 0.1) is 0 Å². The van der Waals surface area contributed by atoms with Gasteiger partial charge in [0.25, 0.3) is 0 Å². The number of hydrogen-bond donors (Lipinski definition) is 1. The molecule has 1 heterocycles. The number of aromatic nitrogens is 1. The first-order valence-electron chi connectivity index (χ1n) is 6.56. The molecule has 0 bridgehead atoms. The Balaban J connectivity index is 2.21. The first-order valence-corrected chi connectivity index (χ1v) is 6.56. The fourth-order valence-corrected chi connectivity index (χ4v) is 2.25. The zero-order valence-corrected chi connectivity index (χ0v) is 11.1. The second-order valence-corrected chi connectivity index (χ2v) is 5.31. The average Bonchev–Trinajstić information content (AvgIpc) is 3.11. The van der Waals surface area contributed by atoms with Gasteiger partial charge in [0.15, 0.2) is 0 Å². The number of hydrogen-bond acceptors (Lipinski definition) is 3. The van der Waals surface area contributed by atoms with Gasteiger partial charge in [0.1, 0.15) is 0 Å². The molecule has 0 saturated heterocycles. The molecule has 94 valence electrons. The molecule has 1 N–H and O–H groups in total. The van der Waals surface area contributed by atoms with Gasteiger partial charge in [-0.15, -0.1) is 0 Å². The Labute approximate surface area is 104 Å². The van der Waals surface area contributed by atoms with Gasteiger partial charge in [-0.2, -0.15) is 0 Å². The van der Waals surface area contributed by atoms with Crippen molar-refractivity contribution >= 4 is 5.69 Å². The predicted octanol–water partition coefficient (Wildman–Crippen LogP) is 2.43. The summed E-state index contributed by atoms with van der Waals surface area (Å²) in [5.41, 5.74) is 2.67. The maximum Gasteiger partial charge on any atom is 0.0445 e. The topological polar surface area (TPSA) is 28.2 Å². The van der Waals surface area contributed by atoms with Crippen molar-refractivity contribution in [3.8, 4) is 0 Å². The lowest BCUT2D eigenvalue weighted by molar-refractivity contribution is 0.604. The summed E-state index contributed by atoms with van der Waals surface area (Å²) in [4.78, 5) is 6.81. The van der Waals surface area contributed by atoms with Crippen LogP contribution in [0.5, 0.6) is 0 Å². The van der Waals surface area contributed by atoms with Crippen LogP contribution in [0.25, 0.3) is 0 Å². The monoisotopic (exact) mass is 233 g/mol. The third-order valence-electron chi connectivity index (χ3n) is 3.10. The molecule has 17 heavy (non-hydrogen) atoms. The molecule has 0 aromatic carbocycles. The van der Waals surface area contributed by atoms with E-state index in [0.29, 0.717) is 5.92 Å². The molecule has 0 amide bonds. The zero-order valence-electron chi connectivity index (χ0n) is 11.1. The van der Waals surface area contributed by atoms with Gasteiger partial charge in [0, 0.05) is 42.8 Å². The molecule has 0 atom stereocenters. The van der Waals surface area contributed by atoms with E-state index in [1.165, 1.54) is 24.1 Å². The van der Waals surface area contributed by atoms with Gasteiger partial charge in [-0.25, -0.2) is 0 Å². The highest BCUT2D eigenvalue weighted by Crippen LogP contribution is 2.33. The van der Waals surface area contributed by atoms with Crippen molar-refractivity contribution in [3.05, 3.63) is 24.0 Å². The smallest absolute Gasteiger partial charge is 0.0445 e. The summed E-state index contributed by atoms with van der Waals surface area (Å²) >= 11 is 0. The molecule has 1 saturated carbocycles. The van der Waals surface area contributed by atoms with Crippen LogP contribution in [0.3, 0.4) is 0 Å². The summed E-state index contributed by atoms with van der Waals surface area (Å²) in [5, 5.41) is 3.23. The third kappa shape index (κ3) is 3.19. The van der Waals surface area contributed by atoms with Crippen LogP contribution in [0, 0.1) is 5.92 Å². The molecule has 1 aliphatic rings. The Morgan fingerprint density at radius 1 is 1.47 bits per heavy atom. The van der Waals surface area contributed by atoms with Crippen molar-refractivity contribution in [2.45, 2.75) is 39.3 Å². The molecule has 1 aromatic rings. The molecule has 0 aliphatic heterocycles. The lowest BCUT2D eigenvalue weighted by Crippen LogP contribution is -2.31. The molecule has 1 aromatic heterocycles. The Morgan fingerprint density at radius 3 is 2.82 bits per heavy atom. The summed E-state index contributed by atoms with van der Waals surface area (Å²) in [7, 11) is 1.99. The van der Waals surface area contributed by atoms with Gasteiger partial charge < -0.3 is 10.2 Å². The highest BCUT2D eigenvalue weighted by atomic mass is 15.2. The molecule has 0 unspecified atom stereocenters. The van der Waals surface area contributed by atoms with E-state index < -0.39 is 0 Å². The average molecular weight is 233 g/mol. The maximum atomic E-state index is 4.24. The highest BCUT2D eigenvalue weighted by molar-refractivity contribution is 5.54. The van der Waals surface area contributed by atoms with Crippen LogP contribution < -0.4 is 10.2 Å². The first kappa shape index (κ1) is 12.4. The van der Waals surface area contributed by atoms with E-state index >= 15 is 0 Å². The second-order valence-electron chi connectivity index (χ2n) is 5.31. The van der Waals surface area contributed by atoms with Crippen LogP contribution in [-0.4, -0.2) is 24.6 Å². The van der Waals surface area contributed by atoms with Crippen molar-refractivity contribution in [2.24, 2.45) is 5.92 Å². The van der Waals surface area contributed by atoms with Crippen molar-refractivity contribution in [1.82, 2.24) is 10.3 Å². The highest BCUT2D eigenvalue weighted by Gasteiger charge is 2.30. The van der Waals surface area contributed by atoms with Gasteiger partial charge in [-0.1, -0.05) is 13.8 Å². The van der Waals surface area contributed by atoms with Crippen molar-refractivity contribution in [3.63, 3.8) is 0 Å². The lowest BCUT2D eigenvalue weighted by Gasteiger charge is -2.28. The molecule has 0 radical (unpaired) electrons. The van der Waals surface area contributed by atoms with E-state index in [-0.39, 0.29) is 0 Å². The van der Waals surface area contributed by atoms with Crippen LogP contribution in [0.4, 0.5) is 5.69 Å². The van der Waals surface area contributed by atoms with E-state index in [2.05, 4.69) is 35.1 Å². The largest absolute Gasteiger partial charge is 0.368 e. The standard InChI is InChI=1S/C14H23N3/c1-11(2)10-17(13-4-5-13)14-6-7-16-9-12(14)8-15-3/h6-7,9,11,13,15H,4-5,8,10H2,1-3H3. The first-order chi connectivity index (χ1) is 8.22. The minimum Gasteiger partial charge on any atom is -0.368 e. The maximum absolute atomic E-state index is 4.24. The Bertz CT molecular complexity index is 358. The number of rotatable bonds is 6. The van der Waals surface area contributed by atoms with Crippen LogP contribution in [0.1, 0.15) is 32.3 Å². The van der Waals surface area contributed by atoms with Crippen molar-refractivity contribution < 1.29 is 0 Å². The Kier molecular flexibility index (Phi) is 4.00. The number of pyridine rings is 1. The summed E-state index contributed by atoms with van der Waals surface area (Å²) in [6.45, 7) is 6.61. The van der Waals surface area contributed by atoms with E-state index in [9.17, 15) is 0 Å². The minimum atomic E-state index is 0.700. The fraction of sp³-hybridized carbons (Fsp3) is 0.643. The SMILES string of the molecule is CNCc1cnccc1N(CC(C)C)C1CC1. The molecule has 0 spiro atoms. The number of anilines is 1. The molecule has 1 fully saturated rings. The van der Waals surface area contributed by atoms with Gasteiger partial charge in [0.2, 0.25) is 0 Å². The fourth-order valence-electron chi connectivity index (χ4n) is 2.25. The zero-order chi connectivity index (χ0) is 12.3. The minimum absolute atomic E-state index is 0.700.